The number of nitrogens with zero attached hydrogens (tertiary/aromatic N) is 4. The van der Waals surface area contributed by atoms with E-state index in [-0.39, 0.29) is 49.1 Å². The van der Waals surface area contributed by atoms with E-state index in [1.807, 2.05) is 85.5 Å². The molecular weight excluding hydrogens is 779 g/mol. The number of amidine groups is 1. The van der Waals surface area contributed by atoms with E-state index in [1.165, 1.54) is 18.4 Å². The molecular formula is C46H67N7O6S. The molecule has 0 spiro atoms. The van der Waals surface area contributed by atoms with Crippen molar-refractivity contribution in [1.82, 2.24) is 30.1 Å². The fourth-order valence-electron chi connectivity index (χ4n) is 9.06. The minimum Gasteiger partial charge on any atom is -0.480 e. The highest BCUT2D eigenvalue weighted by Crippen LogP contribution is 2.61. The molecule has 3 aliphatic heterocycles. The lowest BCUT2D eigenvalue weighted by molar-refractivity contribution is -0.0678. The van der Waals surface area contributed by atoms with E-state index in [1.54, 1.807) is 0 Å². The average Bonchev–Trinajstić information content (AvgIpc) is 4.08. The van der Waals surface area contributed by atoms with Crippen molar-refractivity contribution in [3.05, 3.63) is 69.8 Å². The quantitative estimate of drug-likeness (QED) is 0.210. The number of carbonyl (C=O) groups is 2. The average molecular weight is 846 g/mol. The Kier molecular flexibility index (Phi) is 12.1. The molecule has 0 radical (unpaired) electrons. The van der Waals surface area contributed by atoms with Crippen LogP contribution < -0.4 is 20.1 Å². The van der Waals surface area contributed by atoms with Crippen LogP contribution in [-0.2, 0) is 31.6 Å². The molecule has 1 aromatic heterocycles. The summed E-state index contributed by atoms with van der Waals surface area (Å²) in [6.07, 6.45) is 4.99. The number of pyridine rings is 1. The number of rotatable bonds is 12. The molecule has 5 aliphatic rings. The van der Waals surface area contributed by atoms with Gasteiger partial charge in [-0.05, 0) is 129 Å². The van der Waals surface area contributed by atoms with Crippen molar-refractivity contribution in [3.8, 4) is 5.75 Å². The van der Waals surface area contributed by atoms with E-state index in [2.05, 4.69) is 58.2 Å². The van der Waals surface area contributed by atoms with E-state index in [0.717, 1.165) is 41.2 Å². The van der Waals surface area contributed by atoms with Gasteiger partial charge in [-0.3, -0.25) is 19.7 Å². The maximum atomic E-state index is 14.2. The molecule has 2 aromatic rings. The van der Waals surface area contributed by atoms with Gasteiger partial charge in [-0.25, -0.2) is 13.7 Å². The van der Waals surface area contributed by atoms with Gasteiger partial charge in [-0.2, -0.15) is 0 Å². The molecule has 1 aromatic carbocycles. The second-order valence-corrected chi connectivity index (χ2v) is 21.8. The first-order valence-corrected chi connectivity index (χ1v) is 22.9. The Balaban J connectivity index is 1.26. The summed E-state index contributed by atoms with van der Waals surface area (Å²) >= 11 is 0. The van der Waals surface area contributed by atoms with Gasteiger partial charge in [0.2, 0.25) is 0 Å². The van der Waals surface area contributed by atoms with Crippen LogP contribution in [0.4, 0.5) is 4.79 Å². The Labute approximate surface area is 359 Å². The molecule has 3 N–H and O–H groups in total. The summed E-state index contributed by atoms with van der Waals surface area (Å²) < 4.78 is 36.0. The van der Waals surface area contributed by atoms with Gasteiger partial charge >= 0.3 is 6.09 Å². The summed E-state index contributed by atoms with van der Waals surface area (Å²) in [6, 6.07) is 8.30. The lowest BCUT2D eigenvalue weighted by atomic mass is 9.86. The summed E-state index contributed by atoms with van der Waals surface area (Å²) in [5, 5.41) is 6.32. The molecule has 60 heavy (non-hydrogen) atoms. The molecule has 2 amide bonds. The van der Waals surface area contributed by atoms with Crippen LogP contribution >= 0.6 is 0 Å². The van der Waals surface area contributed by atoms with Crippen molar-refractivity contribution in [2.75, 3.05) is 39.4 Å². The number of aromatic nitrogens is 1. The smallest absolute Gasteiger partial charge is 0.410 e. The second-order valence-electron chi connectivity index (χ2n) is 19.8. The van der Waals surface area contributed by atoms with Gasteiger partial charge in [0.15, 0.2) is 5.60 Å². The fraction of sp³-hybridized carbons (Fsp3) is 0.652. The van der Waals surface area contributed by atoms with Crippen LogP contribution in [0.5, 0.6) is 5.75 Å². The van der Waals surface area contributed by atoms with E-state index in [9.17, 15) is 13.8 Å². The van der Waals surface area contributed by atoms with E-state index >= 15 is 0 Å². The van der Waals surface area contributed by atoms with Crippen molar-refractivity contribution >= 4 is 28.8 Å². The minimum absolute atomic E-state index is 0.0420. The van der Waals surface area contributed by atoms with Crippen LogP contribution in [0.3, 0.4) is 0 Å². The van der Waals surface area contributed by atoms with Gasteiger partial charge in [0.05, 0.1) is 47.0 Å². The SMILES string of the molecule is CCC1[C@@H](C)N(C(=O)OC(C)(C)C)CCN1CC1[C@H](C)[C@@]1(Oc1cc(C)c(C(=O)NC2=C(C)CN=C(C)N2)cc1C1(NS(=O)C(C)(C)C)COC1)c1ccc(C2CC2)cn1. The van der Waals surface area contributed by atoms with E-state index < -0.39 is 32.5 Å². The molecule has 13 nitrogen and oxygen atoms in total. The summed E-state index contributed by atoms with van der Waals surface area (Å²) in [6.45, 7) is 26.9. The lowest BCUT2D eigenvalue weighted by Crippen LogP contribution is -2.60. The fourth-order valence-corrected chi connectivity index (χ4v) is 9.95. The van der Waals surface area contributed by atoms with Crippen LogP contribution in [0.2, 0.25) is 0 Å². The molecule has 0 bridgehead atoms. The van der Waals surface area contributed by atoms with Crippen LogP contribution in [0.1, 0.15) is 134 Å². The number of amides is 2. The molecule has 328 valence electrons. The third-order valence-corrected chi connectivity index (χ3v) is 14.7. The number of hydrogen-bond acceptors (Lipinski definition) is 10. The molecule has 4 fully saturated rings. The van der Waals surface area contributed by atoms with Crippen LogP contribution in [0, 0.1) is 18.8 Å². The topological polar surface area (TPSA) is 147 Å². The van der Waals surface area contributed by atoms with Crippen molar-refractivity contribution in [1.29, 1.82) is 0 Å². The van der Waals surface area contributed by atoms with Crippen molar-refractivity contribution in [3.63, 3.8) is 0 Å². The minimum atomic E-state index is -1.46. The first-order chi connectivity index (χ1) is 28.2. The third-order valence-electron chi connectivity index (χ3n) is 13.0. The molecule has 14 heteroatoms. The lowest BCUT2D eigenvalue weighted by Gasteiger charge is -2.46. The molecule has 4 heterocycles. The van der Waals surface area contributed by atoms with Crippen LogP contribution in [0.25, 0.3) is 0 Å². The highest BCUT2D eigenvalue weighted by atomic mass is 32.2. The first kappa shape index (κ1) is 44.2. The van der Waals surface area contributed by atoms with Gasteiger partial charge in [-0.1, -0.05) is 19.9 Å². The number of carbonyl (C=O) groups excluding carboxylic acids is 2. The van der Waals surface area contributed by atoms with E-state index in [4.69, 9.17) is 19.2 Å². The highest BCUT2D eigenvalue weighted by molar-refractivity contribution is 7.84. The summed E-state index contributed by atoms with van der Waals surface area (Å²) in [5.74, 6) is 2.40. The Morgan fingerprint density at radius 3 is 2.35 bits per heavy atom. The maximum Gasteiger partial charge on any atom is 0.410 e. The summed E-state index contributed by atoms with van der Waals surface area (Å²) in [5.41, 5.74) is 2.76. The molecule has 2 saturated heterocycles. The van der Waals surface area contributed by atoms with Crippen molar-refractivity contribution < 1.29 is 28.0 Å². The molecule has 2 saturated carbocycles. The molecule has 2 aliphatic carbocycles. The number of piperazine rings is 1. The zero-order chi connectivity index (χ0) is 43.5. The first-order valence-electron chi connectivity index (χ1n) is 21.8. The zero-order valence-electron chi connectivity index (χ0n) is 37.8. The Hall–Kier alpha value is -3.85. The number of benzene rings is 1. The van der Waals surface area contributed by atoms with Gasteiger partial charge in [-0.15, -0.1) is 0 Å². The van der Waals surface area contributed by atoms with Crippen LogP contribution in [0.15, 0.2) is 46.8 Å². The Morgan fingerprint density at radius 2 is 1.77 bits per heavy atom. The summed E-state index contributed by atoms with van der Waals surface area (Å²) in [7, 11) is -1.46. The molecule has 6 atom stereocenters. The Bertz CT molecular complexity index is 2070. The van der Waals surface area contributed by atoms with E-state index in [0.29, 0.717) is 42.7 Å². The van der Waals surface area contributed by atoms with Gasteiger partial charge in [0, 0.05) is 60.9 Å². The molecule has 3 unspecified atom stereocenters. The highest BCUT2D eigenvalue weighted by Gasteiger charge is 2.68. The van der Waals surface area contributed by atoms with Gasteiger partial charge < -0.3 is 29.7 Å². The zero-order valence-corrected chi connectivity index (χ0v) is 38.6. The van der Waals surface area contributed by atoms with Crippen molar-refractivity contribution in [2.24, 2.45) is 16.8 Å². The normalized spacial score (nSPS) is 27.3. The van der Waals surface area contributed by atoms with Crippen LogP contribution in [-0.4, -0.2) is 98.7 Å². The number of nitrogens with one attached hydrogen (secondary N) is 3. The monoisotopic (exact) mass is 845 g/mol. The summed E-state index contributed by atoms with van der Waals surface area (Å²) in [4.78, 5) is 41.5. The number of hydrogen-bond donors (Lipinski definition) is 3. The van der Waals surface area contributed by atoms with Gasteiger partial charge in [0.25, 0.3) is 5.91 Å². The number of ether oxygens (including phenoxy) is 3. The van der Waals surface area contributed by atoms with Gasteiger partial charge in [0.1, 0.15) is 22.7 Å². The number of aliphatic imine (C=N–C) groups is 1. The standard InChI is InChI=1S/C46H67N7O6S/c1-13-37-30(5)53(42(55)59-43(7,8)9)19-18-52(37)24-36-29(4)46(36,39-17-16-33(23-48-39)32-14-15-32)58-38-20-27(2)34(41(54)50-40-28(3)22-47-31(6)49-40)21-35(38)45(25-57-26-45)51-60(56)44(10,11)12/h16-17,20-21,23,29-30,32,36-37,51H,13-15,18-19,22,24-26H2,1-12H3,(H,47,49)(H,50,54)/t29-,30+,36?,37?,46-,60?/m0/s1. The molecule has 7 rings (SSSR count). The second kappa shape index (κ2) is 16.4. The third kappa shape index (κ3) is 8.76. The van der Waals surface area contributed by atoms with Crippen molar-refractivity contribution in [2.45, 2.75) is 142 Å². The predicted molar refractivity (Wildman–Crippen MR) is 235 cm³/mol. The predicted octanol–water partition coefficient (Wildman–Crippen LogP) is 6.79. The number of aryl methyl sites for hydroxylation is 1. The maximum absolute atomic E-state index is 14.2. The largest absolute Gasteiger partial charge is 0.480 e. The Morgan fingerprint density at radius 1 is 1.05 bits per heavy atom.